The largest absolute Gasteiger partial charge is 0.353 e. The Balaban J connectivity index is 1.27. The second-order valence-electron chi connectivity index (χ2n) is 8.97. The summed E-state index contributed by atoms with van der Waals surface area (Å²) in [7, 11) is 0. The van der Waals surface area contributed by atoms with Crippen LogP contribution in [-0.2, 0) is 9.59 Å². The van der Waals surface area contributed by atoms with Gasteiger partial charge < -0.3 is 10.2 Å². The van der Waals surface area contributed by atoms with Gasteiger partial charge in [-0.3, -0.25) is 19.5 Å². The summed E-state index contributed by atoms with van der Waals surface area (Å²) in [6, 6.07) is 13.7. The van der Waals surface area contributed by atoms with Crippen molar-refractivity contribution in [3.05, 3.63) is 72.1 Å². The Hall–Kier alpha value is -2.99. The van der Waals surface area contributed by atoms with Crippen LogP contribution in [0.1, 0.15) is 37.4 Å². The molecular formula is C27H34N4O2. The van der Waals surface area contributed by atoms with Gasteiger partial charge in [-0.05, 0) is 61.3 Å². The number of amides is 2. The average Bonchev–Trinajstić information content (AvgIpc) is 3.29. The van der Waals surface area contributed by atoms with Crippen LogP contribution in [0.25, 0.3) is 6.08 Å². The third kappa shape index (κ3) is 5.50. The second kappa shape index (κ2) is 10.8. The summed E-state index contributed by atoms with van der Waals surface area (Å²) in [5, 5.41) is 3.00. The van der Waals surface area contributed by atoms with Crippen molar-refractivity contribution in [2.75, 3.05) is 32.7 Å². The summed E-state index contributed by atoms with van der Waals surface area (Å²) >= 11 is 0. The van der Waals surface area contributed by atoms with Crippen molar-refractivity contribution in [3.8, 4) is 0 Å². The number of hydrogen-bond acceptors (Lipinski definition) is 4. The van der Waals surface area contributed by atoms with Gasteiger partial charge >= 0.3 is 0 Å². The van der Waals surface area contributed by atoms with Gasteiger partial charge in [0.05, 0.1) is 0 Å². The predicted molar refractivity (Wildman–Crippen MR) is 130 cm³/mol. The first kappa shape index (κ1) is 23.2. The minimum atomic E-state index is -0.197. The molecule has 2 heterocycles. The van der Waals surface area contributed by atoms with Gasteiger partial charge in [-0.1, -0.05) is 36.4 Å². The molecule has 6 nitrogen and oxygen atoms in total. The Labute approximate surface area is 196 Å². The number of piperidine rings is 1. The van der Waals surface area contributed by atoms with Crippen molar-refractivity contribution in [1.29, 1.82) is 0 Å². The van der Waals surface area contributed by atoms with Crippen LogP contribution in [-0.4, -0.2) is 59.3 Å². The van der Waals surface area contributed by atoms with Crippen LogP contribution in [0, 0.1) is 17.8 Å². The fraction of sp³-hybridized carbons (Fsp3) is 0.444. The van der Waals surface area contributed by atoms with Crippen LogP contribution < -0.4 is 5.32 Å². The van der Waals surface area contributed by atoms with Crippen LogP contribution in [0.15, 0.2) is 60.9 Å². The number of pyridine rings is 1. The molecule has 1 aliphatic carbocycles. The second-order valence-corrected chi connectivity index (χ2v) is 8.97. The van der Waals surface area contributed by atoms with Crippen molar-refractivity contribution >= 4 is 17.9 Å². The van der Waals surface area contributed by atoms with E-state index in [1.807, 2.05) is 49.1 Å². The van der Waals surface area contributed by atoms with Crippen LogP contribution in [0.4, 0.5) is 0 Å². The molecular weight excluding hydrogens is 412 g/mol. The first-order valence-electron chi connectivity index (χ1n) is 12.1. The topological polar surface area (TPSA) is 65.5 Å². The van der Waals surface area contributed by atoms with E-state index >= 15 is 0 Å². The number of likely N-dealkylation sites (N-methyl/N-ethyl adjacent to an activating group) is 1. The molecule has 1 aromatic heterocycles. The molecule has 1 saturated carbocycles. The van der Waals surface area contributed by atoms with Gasteiger partial charge in [0.2, 0.25) is 11.8 Å². The van der Waals surface area contributed by atoms with E-state index in [2.05, 4.69) is 27.3 Å². The lowest BCUT2D eigenvalue weighted by Gasteiger charge is -2.33. The van der Waals surface area contributed by atoms with Gasteiger partial charge in [0.15, 0.2) is 0 Å². The van der Waals surface area contributed by atoms with Crippen LogP contribution in [0.5, 0.6) is 0 Å². The molecule has 1 N–H and O–H groups in total. The van der Waals surface area contributed by atoms with Crippen molar-refractivity contribution < 1.29 is 9.59 Å². The minimum absolute atomic E-state index is 0.0692. The highest BCUT2D eigenvalue weighted by molar-refractivity contribution is 5.91. The number of fused-ring (bicyclic) bond motifs is 1. The van der Waals surface area contributed by atoms with Gasteiger partial charge in [0.1, 0.15) is 6.04 Å². The maximum atomic E-state index is 13.3. The van der Waals surface area contributed by atoms with E-state index in [1.165, 1.54) is 0 Å². The number of carbonyl (C=O) groups excluding carboxylic acids is 2. The molecule has 2 aromatic rings. The molecule has 0 bridgehead atoms. The lowest BCUT2D eigenvalue weighted by atomic mass is 10.0. The van der Waals surface area contributed by atoms with E-state index in [0.717, 1.165) is 43.7 Å². The number of aromatic nitrogens is 1. The van der Waals surface area contributed by atoms with Gasteiger partial charge in [-0.15, -0.1) is 0 Å². The fourth-order valence-corrected chi connectivity index (χ4v) is 5.24. The molecule has 2 aliphatic rings. The first-order chi connectivity index (χ1) is 16.1. The van der Waals surface area contributed by atoms with Gasteiger partial charge in [0, 0.05) is 51.2 Å². The van der Waals surface area contributed by atoms with Gasteiger partial charge in [-0.25, -0.2) is 0 Å². The summed E-state index contributed by atoms with van der Waals surface area (Å²) in [5.41, 5.74) is 2.00. The van der Waals surface area contributed by atoms with Crippen molar-refractivity contribution in [3.63, 3.8) is 0 Å². The zero-order valence-electron chi connectivity index (χ0n) is 19.6. The highest BCUT2D eigenvalue weighted by Gasteiger charge is 2.56. The fourth-order valence-electron chi connectivity index (χ4n) is 5.24. The molecule has 4 rings (SSSR count). The zero-order chi connectivity index (χ0) is 23.2. The van der Waals surface area contributed by atoms with Crippen molar-refractivity contribution in [2.24, 2.45) is 17.8 Å². The molecule has 0 spiro atoms. The Morgan fingerprint density at radius 3 is 2.48 bits per heavy atom. The number of nitrogens with one attached hydrogen (secondary N) is 1. The lowest BCUT2D eigenvalue weighted by Crippen LogP contribution is -2.43. The Morgan fingerprint density at radius 2 is 1.85 bits per heavy atom. The Kier molecular flexibility index (Phi) is 7.55. The highest BCUT2D eigenvalue weighted by Crippen LogP contribution is 2.55. The summed E-state index contributed by atoms with van der Waals surface area (Å²) in [6.45, 7) is 8.15. The number of carbonyl (C=O) groups is 2. The molecule has 1 saturated heterocycles. The zero-order valence-corrected chi connectivity index (χ0v) is 19.6. The molecule has 0 radical (unpaired) electrons. The van der Waals surface area contributed by atoms with E-state index in [0.29, 0.717) is 24.3 Å². The SMILES string of the molecule is CCN(CC)C(=O)C(c1ccccc1)N1C[C@@H]2C(CCNC(=O)/C=C/c3cccnc3)[C@@H]2C1. The van der Waals surface area contributed by atoms with Gasteiger partial charge in [-0.2, -0.15) is 0 Å². The lowest BCUT2D eigenvalue weighted by molar-refractivity contribution is -0.136. The number of likely N-dealkylation sites (tertiary alicyclic amines) is 1. The average molecular weight is 447 g/mol. The van der Waals surface area contributed by atoms with Crippen LogP contribution in [0.3, 0.4) is 0 Å². The molecule has 2 amide bonds. The van der Waals surface area contributed by atoms with Gasteiger partial charge in [0.25, 0.3) is 0 Å². The summed E-state index contributed by atoms with van der Waals surface area (Å²) < 4.78 is 0. The maximum absolute atomic E-state index is 13.3. The normalized spacial score (nSPS) is 22.7. The highest BCUT2D eigenvalue weighted by atomic mass is 16.2. The number of nitrogens with zero attached hydrogens (tertiary/aromatic N) is 3. The smallest absolute Gasteiger partial charge is 0.244 e. The number of benzene rings is 1. The van der Waals surface area contributed by atoms with E-state index in [9.17, 15) is 9.59 Å². The number of hydrogen-bond donors (Lipinski definition) is 1. The van der Waals surface area contributed by atoms with E-state index in [1.54, 1.807) is 24.5 Å². The number of rotatable bonds is 10. The van der Waals surface area contributed by atoms with E-state index < -0.39 is 0 Å². The quantitative estimate of drug-likeness (QED) is 0.568. The van der Waals surface area contributed by atoms with E-state index in [4.69, 9.17) is 0 Å². The molecule has 174 valence electrons. The predicted octanol–water partition coefficient (Wildman–Crippen LogP) is 3.39. The summed E-state index contributed by atoms with van der Waals surface area (Å²) in [5.74, 6) is 2.04. The Bertz CT molecular complexity index is 947. The molecule has 1 aromatic carbocycles. The van der Waals surface area contributed by atoms with Crippen LogP contribution >= 0.6 is 0 Å². The standard InChI is InChI=1S/C27H34N4O2/c1-3-30(4-2)27(33)26(21-10-6-5-7-11-21)31-18-23-22(24(23)19-31)14-16-29-25(32)13-12-20-9-8-15-28-17-20/h5-13,15,17,22-24,26H,3-4,14,16,18-19H2,1-2H3,(H,29,32)/b13-12+/t22?,23-,24+,26?. The molecule has 6 heteroatoms. The molecule has 1 aliphatic heterocycles. The van der Waals surface area contributed by atoms with Crippen molar-refractivity contribution in [1.82, 2.24) is 20.1 Å². The van der Waals surface area contributed by atoms with E-state index in [-0.39, 0.29) is 17.9 Å². The minimum Gasteiger partial charge on any atom is -0.353 e. The van der Waals surface area contributed by atoms with Crippen LogP contribution in [0.2, 0.25) is 0 Å². The van der Waals surface area contributed by atoms with Crippen molar-refractivity contribution in [2.45, 2.75) is 26.3 Å². The molecule has 4 atom stereocenters. The summed E-state index contributed by atoms with van der Waals surface area (Å²) in [4.78, 5) is 33.8. The Morgan fingerprint density at radius 1 is 1.12 bits per heavy atom. The molecule has 33 heavy (non-hydrogen) atoms. The molecule has 2 fully saturated rings. The summed E-state index contributed by atoms with van der Waals surface area (Å²) in [6.07, 6.45) is 7.79. The monoisotopic (exact) mass is 446 g/mol. The first-order valence-corrected chi connectivity index (χ1v) is 12.1. The third-order valence-electron chi connectivity index (χ3n) is 7.08. The third-order valence-corrected chi connectivity index (χ3v) is 7.08. The maximum Gasteiger partial charge on any atom is 0.244 e. The molecule has 2 unspecified atom stereocenters.